The Balaban J connectivity index is 1.66. The van der Waals surface area contributed by atoms with E-state index in [0.717, 1.165) is 28.0 Å². The molecule has 0 amide bonds. The molecule has 0 saturated carbocycles. The van der Waals surface area contributed by atoms with Crippen LogP contribution in [0.5, 0.6) is 5.88 Å². The van der Waals surface area contributed by atoms with E-state index < -0.39 is 0 Å². The number of aromatic nitrogens is 1. The third-order valence-corrected chi connectivity index (χ3v) is 7.68. The van der Waals surface area contributed by atoms with Gasteiger partial charge in [0.15, 0.2) is 0 Å². The second-order valence-electron chi connectivity index (χ2n) is 10.1. The number of benzene rings is 2. The van der Waals surface area contributed by atoms with Gasteiger partial charge in [0.05, 0.1) is 11.9 Å². The van der Waals surface area contributed by atoms with Crippen molar-refractivity contribution in [1.29, 1.82) is 0 Å². The fourth-order valence-corrected chi connectivity index (χ4v) is 5.28. The van der Waals surface area contributed by atoms with E-state index in [4.69, 9.17) is 0 Å². The van der Waals surface area contributed by atoms with Crippen LogP contribution in [0.15, 0.2) is 53.2 Å². The van der Waals surface area contributed by atoms with E-state index in [2.05, 4.69) is 65.5 Å². The molecule has 0 radical (unpaired) electrons. The lowest BCUT2D eigenvalue weighted by Crippen LogP contribution is -2.34. The minimum absolute atomic E-state index is 0.0127. The minimum Gasteiger partial charge on any atom is -0.494 e. The fraction of sp³-hybridized carbons (Fsp3) is 0.370. The van der Waals surface area contributed by atoms with Crippen molar-refractivity contribution in [1.82, 2.24) is 4.57 Å². The molecule has 0 saturated heterocycles. The molecule has 3 nitrogen and oxygen atoms in total. The van der Waals surface area contributed by atoms with Crippen LogP contribution in [0.2, 0.25) is 0 Å². The molecule has 4 heteroatoms. The highest BCUT2D eigenvalue weighted by molar-refractivity contribution is 7.07. The van der Waals surface area contributed by atoms with Crippen LogP contribution >= 0.6 is 11.3 Å². The summed E-state index contributed by atoms with van der Waals surface area (Å²) in [5.74, 6) is 0.0127. The summed E-state index contributed by atoms with van der Waals surface area (Å²) in [4.78, 5) is 11.7. The zero-order valence-electron chi connectivity index (χ0n) is 19.1. The molecular formula is C27H31NO2S. The summed E-state index contributed by atoms with van der Waals surface area (Å²) in [5.41, 5.74) is 8.77. The summed E-state index contributed by atoms with van der Waals surface area (Å²) in [6.07, 6.45) is 2.39. The van der Waals surface area contributed by atoms with Crippen LogP contribution in [0.1, 0.15) is 73.9 Å². The number of aryl methyl sites for hydroxylation is 1. The molecule has 4 rings (SSSR count). The van der Waals surface area contributed by atoms with Crippen molar-refractivity contribution in [3.05, 3.63) is 91.4 Å². The number of nitrogens with zero attached hydrogens (tertiary/aromatic N) is 1. The molecule has 0 bridgehead atoms. The molecule has 0 aliphatic heterocycles. The Morgan fingerprint density at radius 3 is 2.19 bits per heavy atom. The van der Waals surface area contributed by atoms with Crippen molar-refractivity contribution in [3.63, 3.8) is 0 Å². The Kier molecular flexibility index (Phi) is 5.25. The number of hydrogen-bond donors (Lipinski definition) is 1. The molecule has 162 valence electrons. The lowest BCUT2D eigenvalue weighted by molar-refractivity contribution is 0.331. The van der Waals surface area contributed by atoms with Crippen LogP contribution in [-0.2, 0) is 17.4 Å². The zero-order valence-corrected chi connectivity index (χ0v) is 19.9. The van der Waals surface area contributed by atoms with Gasteiger partial charge in [-0.3, -0.25) is 9.36 Å². The number of rotatable bonds is 4. The van der Waals surface area contributed by atoms with Crippen molar-refractivity contribution in [3.8, 4) is 5.88 Å². The molecule has 31 heavy (non-hydrogen) atoms. The van der Waals surface area contributed by atoms with Gasteiger partial charge < -0.3 is 5.11 Å². The molecule has 1 aliphatic rings. The maximum atomic E-state index is 11.9. The Labute approximate surface area is 188 Å². The average molecular weight is 434 g/mol. The van der Waals surface area contributed by atoms with E-state index >= 15 is 0 Å². The highest BCUT2D eigenvalue weighted by atomic mass is 32.1. The van der Waals surface area contributed by atoms with Gasteiger partial charge in [-0.15, -0.1) is 0 Å². The van der Waals surface area contributed by atoms with Gasteiger partial charge in [0.1, 0.15) is 0 Å². The van der Waals surface area contributed by atoms with Crippen molar-refractivity contribution in [2.45, 2.75) is 64.8 Å². The highest BCUT2D eigenvalue weighted by Gasteiger charge is 2.37. The van der Waals surface area contributed by atoms with E-state index in [-0.39, 0.29) is 21.6 Å². The van der Waals surface area contributed by atoms with E-state index in [1.807, 2.05) is 12.1 Å². The van der Waals surface area contributed by atoms with Crippen molar-refractivity contribution >= 4 is 16.9 Å². The minimum atomic E-state index is -0.152. The van der Waals surface area contributed by atoms with Crippen LogP contribution < -0.4 is 4.87 Å². The fourth-order valence-electron chi connectivity index (χ4n) is 4.67. The molecule has 1 aliphatic carbocycles. The van der Waals surface area contributed by atoms with Gasteiger partial charge in [0, 0.05) is 0 Å². The van der Waals surface area contributed by atoms with E-state index in [0.29, 0.717) is 6.54 Å². The predicted molar refractivity (Wildman–Crippen MR) is 130 cm³/mol. The third kappa shape index (κ3) is 3.89. The summed E-state index contributed by atoms with van der Waals surface area (Å²) >= 11 is 1.01. The number of thiazole rings is 1. The largest absolute Gasteiger partial charge is 0.494 e. The number of hydrogen-bond acceptors (Lipinski definition) is 3. The van der Waals surface area contributed by atoms with E-state index in [1.54, 1.807) is 0 Å². The molecule has 1 heterocycles. The first-order valence-corrected chi connectivity index (χ1v) is 11.7. The Bertz CT molecular complexity index is 1210. The monoisotopic (exact) mass is 433 g/mol. The normalized spacial score (nSPS) is 16.7. The SMILES string of the molecule is C=C(c1ccc(Cn2c(O)csc2=O)cc1)c1cc2c(cc1C)C(C)(C)CCC2(C)C. The van der Waals surface area contributed by atoms with Gasteiger partial charge in [-0.05, 0) is 69.5 Å². The first-order chi connectivity index (χ1) is 14.5. The van der Waals surface area contributed by atoms with Gasteiger partial charge in [-0.1, -0.05) is 82.0 Å². The molecule has 1 N–H and O–H groups in total. The first kappa shape index (κ1) is 21.6. The van der Waals surface area contributed by atoms with Crippen LogP contribution in [-0.4, -0.2) is 9.67 Å². The van der Waals surface area contributed by atoms with Gasteiger partial charge in [-0.2, -0.15) is 0 Å². The summed E-state index contributed by atoms with van der Waals surface area (Å²) in [7, 11) is 0. The lowest BCUT2D eigenvalue weighted by atomic mass is 9.62. The molecule has 0 unspecified atom stereocenters. The maximum Gasteiger partial charge on any atom is 0.310 e. The molecular weight excluding hydrogens is 402 g/mol. The Morgan fingerprint density at radius 2 is 1.65 bits per heavy atom. The molecule has 0 atom stereocenters. The topological polar surface area (TPSA) is 42.2 Å². The second kappa shape index (κ2) is 7.52. The second-order valence-corrected chi connectivity index (χ2v) is 10.9. The van der Waals surface area contributed by atoms with Gasteiger partial charge >= 0.3 is 4.87 Å². The smallest absolute Gasteiger partial charge is 0.310 e. The van der Waals surface area contributed by atoms with Crippen molar-refractivity contribution in [2.24, 2.45) is 0 Å². The summed E-state index contributed by atoms with van der Waals surface area (Å²) < 4.78 is 1.38. The third-order valence-electron chi connectivity index (χ3n) is 6.93. The quantitative estimate of drug-likeness (QED) is 0.518. The molecule has 0 fully saturated rings. The highest BCUT2D eigenvalue weighted by Crippen LogP contribution is 2.47. The first-order valence-electron chi connectivity index (χ1n) is 10.8. The predicted octanol–water partition coefficient (Wildman–Crippen LogP) is 6.38. The van der Waals surface area contributed by atoms with Gasteiger partial charge in [0.25, 0.3) is 0 Å². The van der Waals surface area contributed by atoms with Gasteiger partial charge in [0.2, 0.25) is 5.88 Å². The van der Waals surface area contributed by atoms with Crippen LogP contribution in [0.25, 0.3) is 5.57 Å². The molecule has 3 aromatic rings. The molecule has 2 aromatic carbocycles. The molecule has 1 aromatic heterocycles. The Hall–Kier alpha value is -2.59. The molecule has 0 spiro atoms. The average Bonchev–Trinajstić information content (AvgIpc) is 3.03. The Morgan fingerprint density at radius 1 is 1.06 bits per heavy atom. The number of aromatic hydroxyl groups is 1. The van der Waals surface area contributed by atoms with E-state index in [9.17, 15) is 9.90 Å². The van der Waals surface area contributed by atoms with Crippen LogP contribution in [0.4, 0.5) is 0 Å². The lowest BCUT2D eigenvalue weighted by Gasteiger charge is -2.42. The summed E-state index contributed by atoms with van der Waals surface area (Å²) in [6.45, 7) is 16.4. The summed E-state index contributed by atoms with van der Waals surface area (Å²) in [5, 5.41) is 11.3. The maximum absolute atomic E-state index is 11.9. The number of fused-ring (bicyclic) bond motifs is 1. The van der Waals surface area contributed by atoms with Crippen LogP contribution in [0.3, 0.4) is 0 Å². The van der Waals surface area contributed by atoms with E-state index in [1.165, 1.54) is 45.0 Å². The van der Waals surface area contributed by atoms with Gasteiger partial charge in [-0.25, -0.2) is 0 Å². The zero-order chi connectivity index (χ0) is 22.6. The van der Waals surface area contributed by atoms with Crippen molar-refractivity contribution in [2.75, 3.05) is 0 Å². The van der Waals surface area contributed by atoms with Crippen molar-refractivity contribution < 1.29 is 5.11 Å². The van der Waals surface area contributed by atoms with Crippen LogP contribution in [0, 0.1) is 6.92 Å². The standard InChI is InChI=1S/C27H31NO2S/c1-17-13-22-23(27(5,6)12-11-26(22,3)4)14-21(17)18(2)20-9-7-19(8-10-20)15-28-24(29)16-31-25(28)30/h7-10,13-14,16,29H,2,11-12,15H2,1,3-6H3. The summed E-state index contributed by atoms with van der Waals surface area (Å²) in [6, 6.07) is 12.9.